The SMILES string of the molecule is C=CCOc1c(I)cc(C=C2N=C(c3ccc([N+](=O)[O-])cc3Cl)OC2=O)cc1OC. The highest BCUT2D eigenvalue weighted by Gasteiger charge is 2.26. The van der Waals surface area contributed by atoms with Gasteiger partial charge in [-0.2, -0.15) is 0 Å². The van der Waals surface area contributed by atoms with Crippen molar-refractivity contribution in [3.8, 4) is 11.5 Å². The number of nitrogens with zero attached hydrogens (tertiary/aromatic N) is 2. The van der Waals surface area contributed by atoms with Crippen LogP contribution in [0, 0.1) is 13.7 Å². The maximum absolute atomic E-state index is 12.3. The molecule has 0 saturated carbocycles. The third kappa shape index (κ3) is 4.62. The first-order valence-electron chi connectivity index (χ1n) is 8.42. The van der Waals surface area contributed by atoms with Gasteiger partial charge in [-0.3, -0.25) is 10.1 Å². The van der Waals surface area contributed by atoms with Crippen molar-refractivity contribution in [1.82, 2.24) is 0 Å². The molecule has 0 spiro atoms. The van der Waals surface area contributed by atoms with Gasteiger partial charge in [0.05, 0.1) is 26.2 Å². The van der Waals surface area contributed by atoms with E-state index in [1.807, 2.05) is 0 Å². The number of carbonyl (C=O) groups is 1. The summed E-state index contributed by atoms with van der Waals surface area (Å²) in [5.74, 6) is 0.361. The fraction of sp³-hybridized carbons (Fsp3) is 0.100. The van der Waals surface area contributed by atoms with Gasteiger partial charge in [0.1, 0.15) is 6.61 Å². The molecular weight excluding hydrogens is 527 g/mol. The van der Waals surface area contributed by atoms with E-state index in [0.29, 0.717) is 23.7 Å². The van der Waals surface area contributed by atoms with E-state index in [0.717, 1.165) is 3.57 Å². The lowest BCUT2D eigenvalue weighted by molar-refractivity contribution is -0.384. The molecule has 1 heterocycles. The van der Waals surface area contributed by atoms with Gasteiger partial charge in [0.2, 0.25) is 5.90 Å². The van der Waals surface area contributed by atoms with Gasteiger partial charge in [-0.15, -0.1) is 0 Å². The second kappa shape index (κ2) is 9.26. The van der Waals surface area contributed by atoms with E-state index in [4.69, 9.17) is 25.8 Å². The summed E-state index contributed by atoms with van der Waals surface area (Å²) >= 11 is 8.19. The summed E-state index contributed by atoms with van der Waals surface area (Å²) in [7, 11) is 1.51. The maximum Gasteiger partial charge on any atom is 0.363 e. The van der Waals surface area contributed by atoms with Crippen molar-refractivity contribution in [2.75, 3.05) is 13.7 Å². The first-order valence-corrected chi connectivity index (χ1v) is 9.87. The summed E-state index contributed by atoms with van der Waals surface area (Å²) in [4.78, 5) is 26.7. The van der Waals surface area contributed by atoms with Crippen molar-refractivity contribution in [1.29, 1.82) is 0 Å². The lowest BCUT2D eigenvalue weighted by Gasteiger charge is -2.12. The first-order chi connectivity index (χ1) is 14.3. The Morgan fingerprint density at radius 1 is 1.37 bits per heavy atom. The highest BCUT2D eigenvalue weighted by molar-refractivity contribution is 14.1. The Balaban J connectivity index is 1.95. The predicted octanol–water partition coefficient (Wildman–Crippen LogP) is 4.77. The van der Waals surface area contributed by atoms with Gasteiger partial charge < -0.3 is 14.2 Å². The number of ether oxygens (including phenoxy) is 3. The Kier molecular flexibility index (Phi) is 6.73. The Bertz CT molecular complexity index is 1110. The topological polar surface area (TPSA) is 100 Å². The van der Waals surface area contributed by atoms with E-state index in [-0.39, 0.29) is 27.9 Å². The molecule has 0 atom stereocenters. The zero-order valence-electron chi connectivity index (χ0n) is 15.6. The number of nitro groups is 1. The molecule has 1 aliphatic rings. The second-order valence-corrected chi connectivity index (χ2v) is 7.46. The van der Waals surface area contributed by atoms with Gasteiger partial charge >= 0.3 is 5.97 Å². The van der Waals surface area contributed by atoms with Crippen LogP contribution < -0.4 is 9.47 Å². The minimum atomic E-state index is -0.666. The van der Waals surface area contributed by atoms with E-state index >= 15 is 0 Å². The van der Waals surface area contributed by atoms with Crippen molar-refractivity contribution >= 4 is 57.8 Å². The van der Waals surface area contributed by atoms with E-state index in [9.17, 15) is 14.9 Å². The van der Waals surface area contributed by atoms with Crippen LogP contribution in [0.15, 0.2) is 53.7 Å². The Morgan fingerprint density at radius 2 is 2.13 bits per heavy atom. The number of halogens is 2. The highest BCUT2D eigenvalue weighted by Crippen LogP contribution is 2.35. The number of esters is 1. The summed E-state index contributed by atoms with van der Waals surface area (Å²) < 4.78 is 17.0. The van der Waals surface area contributed by atoms with Crippen molar-refractivity contribution in [2.24, 2.45) is 4.99 Å². The summed E-state index contributed by atoms with van der Waals surface area (Å²) in [5, 5.41) is 10.9. The lowest BCUT2D eigenvalue weighted by atomic mass is 10.1. The summed E-state index contributed by atoms with van der Waals surface area (Å²) in [6.07, 6.45) is 3.16. The Labute approximate surface area is 190 Å². The van der Waals surface area contributed by atoms with E-state index in [2.05, 4.69) is 34.2 Å². The predicted molar refractivity (Wildman–Crippen MR) is 120 cm³/mol. The fourth-order valence-corrected chi connectivity index (χ4v) is 3.62. The number of aliphatic imine (C=N–C) groups is 1. The van der Waals surface area contributed by atoms with Gasteiger partial charge in [-0.1, -0.05) is 24.3 Å². The highest BCUT2D eigenvalue weighted by atomic mass is 127. The van der Waals surface area contributed by atoms with Crippen LogP contribution >= 0.6 is 34.2 Å². The number of cyclic esters (lactones) is 1. The molecule has 30 heavy (non-hydrogen) atoms. The molecular formula is C20H14ClIN2O6. The van der Waals surface area contributed by atoms with Crippen LogP contribution in [0.3, 0.4) is 0 Å². The molecule has 0 saturated heterocycles. The molecule has 0 unspecified atom stereocenters. The number of hydrogen-bond donors (Lipinski definition) is 0. The number of rotatable bonds is 7. The molecule has 154 valence electrons. The standard InChI is InChI=1S/C20H14ClIN2O6/c1-3-6-29-18-15(22)7-11(9-17(18)28-2)8-16-20(25)30-19(23-16)13-5-4-12(24(26)27)10-14(13)21/h3-5,7-10H,1,6H2,2H3. The minimum Gasteiger partial charge on any atom is -0.493 e. The van der Waals surface area contributed by atoms with Crippen molar-refractivity contribution in [3.63, 3.8) is 0 Å². The van der Waals surface area contributed by atoms with E-state index in [1.54, 1.807) is 18.2 Å². The number of carbonyl (C=O) groups excluding carboxylic acids is 1. The van der Waals surface area contributed by atoms with Gasteiger partial charge in [-0.25, -0.2) is 9.79 Å². The second-order valence-electron chi connectivity index (χ2n) is 5.89. The summed E-state index contributed by atoms with van der Waals surface area (Å²) in [6, 6.07) is 7.31. The third-order valence-electron chi connectivity index (χ3n) is 3.92. The van der Waals surface area contributed by atoms with Crippen LogP contribution in [0.4, 0.5) is 5.69 Å². The van der Waals surface area contributed by atoms with E-state index in [1.165, 1.54) is 31.4 Å². The number of hydrogen-bond acceptors (Lipinski definition) is 7. The molecule has 8 nitrogen and oxygen atoms in total. The van der Waals surface area contributed by atoms with E-state index < -0.39 is 10.9 Å². The molecule has 0 aromatic heterocycles. The number of non-ortho nitro benzene ring substituents is 1. The molecule has 0 N–H and O–H groups in total. The summed E-state index contributed by atoms with van der Waals surface area (Å²) in [5.41, 5.74) is 0.801. The molecule has 1 aliphatic heterocycles. The quantitative estimate of drug-likeness (QED) is 0.125. The van der Waals surface area contributed by atoms with Crippen LogP contribution in [-0.2, 0) is 9.53 Å². The van der Waals surface area contributed by atoms with Crippen LogP contribution in [0.25, 0.3) is 6.08 Å². The van der Waals surface area contributed by atoms with Crippen molar-refractivity contribution < 1.29 is 23.9 Å². The minimum absolute atomic E-state index is 0.0289. The van der Waals surface area contributed by atoms with Crippen LogP contribution in [0.5, 0.6) is 11.5 Å². The van der Waals surface area contributed by atoms with Crippen molar-refractivity contribution in [3.05, 3.63) is 78.5 Å². The molecule has 0 aliphatic carbocycles. The zero-order valence-corrected chi connectivity index (χ0v) is 18.5. The molecule has 2 aromatic rings. The number of methoxy groups -OCH3 is 1. The third-order valence-corrected chi connectivity index (χ3v) is 5.03. The Hall–Kier alpha value is -2.92. The summed E-state index contributed by atoms with van der Waals surface area (Å²) in [6.45, 7) is 3.94. The molecule has 3 rings (SSSR count). The van der Waals surface area contributed by atoms with Gasteiger partial charge in [0, 0.05) is 12.1 Å². The molecule has 0 amide bonds. The van der Waals surface area contributed by atoms with Gasteiger partial charge in [0.25, 0.3) is 5.69 Å². The van der Waals surface area contributed by atoms with Crippen LogP contribution in [-0.4, -0.2) is 30.5 Å². The normalized spacial score (nSPS) is 14.3. The molecule has 10 heteroatoms. The molecule has 2 aromatic carbocycles. The molecule has 0 bridgehead atoms. The monoisotopic (exact) mass is 540 g/mol. The van der Waals surface area contributed by atoms with Crippen LogP contribution in [0.1, 0.15) is 11.1 Å². The van der Waals surface area contributed by atoms with Gasteiger partial charge in [0.15, 0.2) is 17.2 Å². The average Bonchev–Trinajstić information content (AvgIpc) is 3.06. The maximum atomic E-state index is 12.3. The smallest absolute Gasteiger partial charge is 0.363 e. The molecule has 0 fully saturated rings. The number of nitro benzene ring substituents is 1. The fourth-order valence-electron chi connectivity index (χ4n) is 2.58. The number of benzene rings is 2. The Morgan fingerprint density at radius 3 is 2.77 bits per heavy atom. The average molecular weight is 541 g/mol. The lowest BCUT2D eigenvalue weighted by Crippen LogP contribution is -2.06. The molecule has 0 radical (unpaired) electrons. The van der Waals surface area contributed by atoms with Crippen molar-refractivity contribution in [2.45, 2.75) is 0 Å². The largest absolute Gasteiger partial charge is 0.493 e. The van der Waals surface area contributed by atoms with Crippen LogP contribution in [0.2, 0.25) is 5.02 Å². The zero-order chi connectivity index (χ0) is 21.8. The first kappa shape index (κ1) is 21.8. The van der Waals surface area contributed by atoms with Gasteiger partial charge in [-0.05, 0) is 52.4 Å².